The standard InChI is InChI=1S/C16H22O/c1-12-7-8-14(11-13(12)2)9-10-16(17)15-5-3-4-6-15/h7-8,11,15H,3-6,9-10H2,1-2H3. The molecule has 0 aliphatic heterocycles. The average Bonchev–Trinajstić information content (AvgIpc) is 2.84. The van der Waals surface area contributed by atoms with Crippen molar-refractivity contribution in [3.8, 4) is 0 Å². The SMILES string of the molecule is Cc1ccc(CCC(=O)C2CCCC2)cc1C. The maximum atomic E-state index is 12.0. The summed E-state index contributed by atoms with van der Waals surface area (Å²) in [7, 11) is 0. The molecule has 1 aromatic carbocycles. The molecular formula is C16H22O. The minimum absolute atomic E-state index is 0.376. The summed E-state index contributed by atoms with van der Waals surface area (Å²) in [6.07, 6.45) is 6.40. The molecule has 1 aliphatic rings. The summed E-state index contributed by atoms with van der Waals surface area (Å²) in [5.41, 5.74) is 3.96. The minimum Gasteiger partial charge on any atom is -0.299 e. The molecule has 17 heavy (non-hydrogen) atoms. The molecule has 0 unspecified atom stereocenters. The topological polar surface area (TPSA) is 17.1 Å². The fourth-order valence-corrected chi connectivity index (χ4v) is 2.68. The second-order valence-corrected chi connectivity index (χ2v) is 5.37. The quantitative estimate of drug-likeness (QED) is 0.764. The summed E-state index contributed by atoms with van der Waals surface area (Å²) in [6.45, 7) is 4.26. The molecule has 0 saturated heterocycles. The normalized spacial score (nSPS) is 16.4. The molecule has 0 heterocycles. The molecule has 1 nitrogen and oxygen atoms in total. The molecule has 0 atom stereocenters. The van der Waals surface area contributed by atoms with Crippen LogP contribution >= 0.6 is 0 Å². The number of hydrogen-bond donors (Lipinski definition) is 0. The van der Waals surface area contributed by atoms with Crippen molar-refractivity contribution in [2.45, 2.75) is 52.4 Å². The van der Waals surface area contributed by atoms with Crippen LogP contribution in [0.15, 0.2) is 18.2 Å². The molecule has 0 bridgehead atoms. The number of carbonyl (C=O) groups is 1. The second kappa shape index (κ2) is 5.48. The molecule has 0 radical (unpaired) electrons. The van der Waals surface area contributed by atoms with E-state index in [0.717, 1.165) is 25.7 Å². The third kappa shape index (κ3) is 3.18. The number of rotatable bonds is 4. The second-order valence-electron chi connectivity index (χ2n) is 5.37. The summed E-state index contributed by atoms with van der Waals surface area (Å²) in [6, 6.07) is 6.53. The van der Waals surface area contributed by atoms with Gasteiger partial charge in [-0.25, -0.2) is 0 Å². The maximum absolute atomic E-state index is 12.0. The van der Waals surface area contributed by atoms with Gasteiger partial charge in [0.2, 0.25) is 0 Å². The van der Waals surface area contributed by atoms with Crippen molar-refractivity contribution in [1.29, 1.82) is 0 Å². The van der Waals surface area contributed by atoms with Crippen LogP contribution in [0.4, 0.5) is 0 Å². The lowest BCUT2D eigenvalue weighted by Crippen LogP contribution is -2.11. The zero-order valence-electron chi connectivity index (χ0n) is 11.0. The monoisotopic (exact) mass is 230 g/mol. The Kier molecular flexibility index (Phi) is 3.98. The molecule has 0 N–H and O–H groups in total. The first-order valence-electron chi connectivity index (χ1n) is 6.75. The largest absolute Gasteiger partial charge is 0.299 e. The highest BCUT2D eigenvalue weighted by Crippen LogP contribution is 2.26. The van der Waals surface area contributed by atoms with Crippen molar-refractivity contribution in [1.82, 2.24) is 0 Å². The van der Waals surface area contributed by atoms with Gasteiger partial charge < -0.3 is 0 Å². The summed E-state index contributed by atoms with van der Waals surface area (Å²) in [5.74, 6) is 0.863. The van der Waals surface area contributed by atoms with Crippen LogP contribution in [-0.4, -0.2) is 5.78 Å². The molecule has 2 rings (SSSR count). The van der Waals surface area contributed by atoms with E-state index in [1.54, 1.807) is 0 Å². The zero-order chi connectivity index (χ0) is 12.3. The molecule has 0 spiro atoms. The van der Waals surface area contributed by atoms with Gasteiger partial charge in [-0.05, 0) is 49.8 Å². The van der Waals surface area contributed by atoms with Crippen LogP contribution in [0.2, 0.25) is 0 Å². The van der Waals surface area contributed by atoms with Crippen molar-refractivity contribution >= 4 is 5.78 Å². The highest BCUT2D eigenvalue weighted by molar-refractivity contribution is 5.81. The van der Waals surface area contributed by atoms with E-state index in [2.05, 4.69) is 32.0 Å². The Bertz CT molecular complexity index is 400. The van der Waals surface area contributed by atoms with Crippen LogP contribution in [0.3, 0.4) is 0 Å². The van der Waals surface area contributed by atoms with Gasteiger partial charge in [0, 0.05) is 12.3 Å². The molecule has 1 saturated carbocycles. The first-order valence-corrected chi connectivity index (χ1v) is 6.75. The van der Waals surface area contributed by atoms with Gasteiger partial charge in [0.15, 0.2) is 0 Å². The fraction of sp³-hybridized carbons (Fsp3) is 0.562. The van der Waals surface area contributed by atoms with Gasteiger partial charge in [-0.3, -0.25) is 4.79 Å². The number of benzene rings is 1. The predicted molar refractivity (Wildman–Crippen MR) is 71.2 cm³/mol. The smallest absolute Gasteiger partial charge is 0.136 e. The summed E-state index contributed by atoms with van der Waals surface area (Å²) >= 11 is 0. The molecule has 0 aromatic heterocycles. The van der Waals surface area contributed by atoms with Crippen molar-refractivity contribution in [2.75, 3.05) is 0 Å². The van der Waals surface area contributed by atoms with Crippen molar-refractivity contribution in [3.63, 3.8) is 0 Å². The van der Waals surface area contributed by atoms with Crippen LogP contribution in [0.1, 0.15) is 48.8 Å². The molecule has 1 fully saturated rings. The number of aryl methyl sites for hydroxylation is 3. The van der Waals surface area contributed by atoms with E-state index in [0.29, 0.717) is 11.7 Å². The lowest BCUT2D eigenvalue weighted by atomic mass is 9.96. The zero-order valence-corrected chi connectivity index (χ0v) is 11.0. The minimum atomic E-state index is 0.376. The third-order valence-electron chi connectivity index (χ3n) is 4.04. The van der Waals surface area contributed by atoms with Crippen molar-refractivity contribution in [2.24, 2.45) is 5.92 Å². The Balaban J connectivity index is 1.88. The number of ketones is 1. The van der Waals surface area contributed by atoms with Crippen molar-refractivity contribution < 1.29 is 4.79 Å². The van der Waals surface area contributed by atoms with E-state index in [4.69, 9.17) is 0 Å². The van der Waals surface area contributed by atoms with Crippen LogP contribution in [0.5, 0.6) is 0 Å². The average molecular weight is 230 g/mol. The van der Waals surface area contributed by atoms with Gasteiger partial charge in [0.25, 0.3) is 0 Å². The molecule has 1 aromatic rings. The Hall–Kier alpha value is -1.11. The third-order valence-corrected chi connectivity index (χ3v) is 4.04. The van der Waals surface area contributed by atoms with Crippen molar-refractivity contribution in [3.05, 3.63) is 34.9 Å². The highest BCUT2D eigenvalue weighted by Gasteiger charge is 2.21. The molecular weight excluding hydrogens is 208 g/mol. The number of carbonyl (C=O) groups excluding carboxylic acids is 1. The van der Waals surface area contributed by atoms with E-state index in [1.807, 2.05) is 0 Å². The lowest BCUT2D eigenvalue weighted by Gasteiger charge is -2.08. The highest BCUT2D eigenvalue weighted by atomic mass is 16.1. The van der Waals surface area contributed by atoms with E-state index in [9.17, 15) is 4.79 Å². The van der Waals surface area contributed by atoms with Gasteiger partial charge in [-0.2, -0.15) is 0 Å². The fourth-order valence-electron chi connectivity index (χ4n) is 2.68. The predicted octanol–water partition coefficient (Wildman–Crippen LogP) is 4.00. The Morgan fingerprint density at radius 3 is 2.53 bits per heavy atom. The van der Waals surface area contributed by atoms with Gasteiger partial charge >= 0.3 is 0 Å². The Labute approximate surface area is 104 Å². The summed E-state index contributed by atoms with van der Waals surface area (Å²) in [5, 5.41) is 0. The Morgan fingerprint density at radius 2 is 1.88 bits per heavy atom. The van der Waals surface area contributed by atoms with Crippen LogP contribution in [-0.2, 0) is 11.2 Å². The molecule has 92 valence electrons. The van der Waals surface area contributed by atoms with E-state index in [1.165, 1.54) is 29.5 Å². The van der Waals surface area contributed by atoms with Crippen LogP contribution in [0.25, 0.3) is 0 Å². The number of Topliss-reactive ketones (excluding diaryl/α,β-unsaturated/α-hetero) is 1. The molecule has 1 heteroatoms. The van der Waals surface area contributed by atoms with Crippen LogP contribution in [0, 0.1) is 19.8 Å². The summed E-state index contributed by atoms with van der Waals surface area (Å²) < 4.78 is 0. The van der Waals surface area contributed by atoms with Crippen LogP contribution < -0.4 is 0 Å². The van der Waals surface area contributed by atoms with E-state index in [-0.39, 0.29) is 0 Å². The van der Waals surface area contributed by atoms with Gasteiger partial charge in [0.05, 0.1) is 0 Å². The molecule has 1 aliphatic carbocycles. The van der Waals surface area contributed by atoms with E-state index < -0.39 is 0 Å². The van der Waals surface area contributed by atoms with Gasteiger partial charge in [-0.1, -0.05) is 31.0 Å². The number of hydrogen-bond acceptors (Lipinski definition) is 1. The van der Waals surface area contributed by atoms with Gasteiger partial charge in [-0.15, -0.1) is 0 Å². The maximum Gasteiger partial charge on any atom is 0.136 e. The lowest BCUT2D eigenvalue weighted by molar-refractivity contribution is -0.122. The molecule has 0 amide bonds. The van der Waals surface area contributed by atoms with E-state index >= 15 is 0 Å². The Morgan fingerprint density at radius 1 is 1.18 bits per heavy atom. The van der Waals surface area contributed by atoms with Gasteiger partial charge in [0.1, 0.15) is 5.78 Å². The summed E-state index contributed by atoms with van der Waals surface area (Å²) in [4.78, 5) is 12.0. The first kappa shape index (κ1) is 12.3. The first-order chi connectivity index (χ1) is 8.16.